The predicted octanol–water partition coefficient (Wildman–Crippen LogP) is 3.30. The molecule has 0 saturated carbocycles. The van der Waals surface area contributed by atoms with Crippen molar-refractivity contribution >= 4 is 0 Å². The largest absolute Gasteiger partial charge is 0.344 e. The van der Waals surface area contributed by atoms with Crippen molar-refractivity contribution in [2.45, 2.75) is 57.0 Å². The Morgan fingerprint density at radius 3 is 2.82 bits per heavy atom. The lowest BCUT2D eigenvalue weighted by Gasteiger charge is -2.31. The first kappa shape index (κ1) is 11.2. The minimum absolute atomic E-state index is 0.307. The third-order valence-electron chi connectivity index (χ3n) is 3.91. The van der Waals surface area contributed by atoms with E-state index >= 15 is 0 Å². The van der Waals surface area contributed by atoms with Gasteiger partial charge in [0, 0.05) is 12.8 Å². The van der Waals surface area contributed by atoms with Crippen LogP contribution in [0, 0.1) is 0 Å². The van der Waals surface area contributed by atoms with Crippen LogP contribution in [0.4, 0.5) is 0 Å². The average Bonchev–Trinajstić information content (AvgIpc) is 2.61. The maximum absolute atomic E-state index is 6.20. The van der Waals surface area contributed by atoms with Crippen LogP contribution in [0.5, 0.6) is 0 Å². The van der Waals surface area contributed by atoms with E-state index < -0.39 is 0 Å². The average molecular weight is 232 g/mol. The molecule has 1 aromatic rings. The zero-order valence-electron chi connectivity index (χ0n) is 10.4. The van der Waals surface area contributed by atoms with E-state index in [1.54, 1.807) is 0 Å². The van der Waals surface area contributed by atoms with Gasteiger partial charge in [-0.15, -0.1) is 0 Å². The van der Waals surface area contributed by atoms with Crippen LogP contribution in [0.2, 0.25) is 0 Å². The van der Waals surface area contributed by atoms with Gasteiger partial charge in [0.05, 0.1) is 12.2 Å². The summed E-state index contributed by atoms with van der Waals surface area (Å²) in [5.41, 5.74) is 1.31. The molecule has 0 aromatic heterocycles. The first-order valence-corrected chi connectivity index (χ1v) is 6.71. The van der Waals surface area contributed by atoms with Gasteiger partial charge in [0.25, 0.3) is 0 Å². The second kappa shape index (κ2) is 4.43. The number of hydrogen-bond donors (Lipinski definition) is 0. The van der Waals surface area contributed by atoms with E-state index in [0.29, 0.717) is 12.2 Å². The molecule has 2 bridgehead atoms. The van der Waals surface area contributed by atoms with Crippen molar-refractivity contribution < 1.29 is 9.47 Å². The molecule has 0 unspecified atom stereocenters. The van der Waals surface area contributed by atoms with Crippen LogP contribution in [-0.4, -0.2) is 18.0 Å². The van der Waals surface area contributed by atoms with Crippen molar-refractivity contribution in [1.29, 1.82) is 0 Å². The SMILES string of the molecule is CC[C@H]1O[C@]2(Cc3ccccc3)CCC[C@H]1O2. The number of rotatable bonds is 3. The topological polar surface area (TPSA) is 18.5 Å². The number of benzene rings is 1. The number of fused-ring (bicyclic) bond motifs is 2. The minimum atomic E-state index is -0.328. The van der Waals surface area contributed by atoms with Crippen molar-refractivity contribution in [3.05, 3.63) is 35.9 Å². The van der Waals surface area contributed by atoms with Crippen LogP contribution in [0.3, 0.4) is 0 Å². The zero-order chi connectivity index (χ0) is 11.7. The van der Waals surface area contributed by atoms with E-state index in [-0.39, 0.29) is 5.79 Å². The Hall–Kier alpha value is -0.860. The summed E-state index contributed by atoms with van der Waals surface area (Å²) >= 11 is 0. The van der Waals surface area contributed by atoms with Gasteiger partial charge in [-0.05, 0) is 24.8 Å². The highest BCUT2D eigenvalue weighted by Crippen LogP contribution is 2.42. The van der Waals surface area contributed by atoms with Crippen LogP contribution < -0.4 is 0 Å². The Bertz CT molecular complexity index is 376. The van der Waals surface area contributed by atoms with Crippen molar-refractivity contribution in [2.24, 2.45) is 0 Å². The molecule has 1 aromatic carbocycles. The van der Waals surface area contributed by atoms with Gasteiger partial charge < -0.3 is 9.47 Å². The summed E-state index contributed by atoms with van der Waals surface area (Å²) < 4.78 is 12.4. The monoisotopic (exact) mass is 232 g/mol. The van der Waals surface area contributed by atoms with Gasteiger partial charge in [-0.25, -0.2) is 0 Å². The summed E-state index contributed by atoms with van der Waals surface area (Å²) in [5, 5.41) is 0. The van der Waals surface area contributed by atoms with E-state index in [2.05, 4.69) is 37.3 Å². The Morgan fingerprint density at radius 2 is 2.06 bits per heavy atom. The fourth-order valence-electron chi connectivity index (χ4n) is 3.09. The van der Waals surface area contributed by atoms with Gasteiger partial charge >= 0.3 is 0 Å². The summed E-state index contributed by atoms with van der Waals surface area (Å²) in [7, 11) is 0. The van der Waals surface area contributed by atoms with Crippen LogP contribution in [0.15, 0.2) is 30.3 Å². The van der Waals surface area contributed by atoms with Crippen LogP contribution in [0.1, 0.15) is 38.2 Å². The molecule has 92 valence electrons. The Morgan fingerprint density at radius 1 is 1.24 bits per heavy atom. The van der Waals surface area contributed by atoms with Crippen molar-refractivity contribution in [1.82, 2.24) is 0 Å². The summed E-state index contributed by atoms with van der Waals surface area (Å²) in [4.78, 5) is 0. The van der Waals surface area contributed by atoms with Crippen LogP contribution in [0.25, 0.3) is 0 Å². The fraction of sp³-hybridized carbons (Fsp3) is 0.600. The molecule has 2 heteroatoms. The van der Waals surface area contributed by atoms with Gasteiger partial charge in [-0.3, -0.25) is 0 Å². The van der Waals surface area contributed by atoms with E-state index in [0.717, 1.165) is 25.7 Å². The highest BCUT2D eigenvalue weighted by Gasteiger charge is 2.49. The minimum Gasteiger partial charge on any atom is -0.344 e. The molecule has 0 aliphatic carbocycles. The first-order chi connectivity index (χ1) is 8.31. The Balaban J connectivity index is 1.78. The van der Waals surface area contributed by atoms with Gasteiger partial charge in [0.15, 0.2) is 5.79 Å². The zero-order valence-corrected chi connectivity index (χ0v) is 10.4. The lowest BCUT2D eigenvalue weighted by Crippen LogP contribution is -2.36. The van der Waals surface area contributed by atoms with Crippen LogP contribution in [-0.2, 0) is 15.9 Å². The van der Waals surface area contributed by atoms with E-state index in [1.165, 1.54) is 12.0 Å². The van der Waals surface area contributed by atoms with Gasteiger partial charge in [-0.2, -0.15) is 0 Å². The number of hydrogen-bond acceptors (Lipinski definition) is 2. The molecular formula is C15H20O2. The highest BCUT2D eigenvalue weighted by atomic mass is 16.8. The van der Waals surface area contributed by atoms with Gasteiger partial charge in [0.2, 0.25) is 0 Å². The third kappa shape index (κ3) is 2.12. The molecule has 2 aliphatic heterocycles. The molecule has 0 radical (unpaired) electrons. The lowest BCUT2D eigenvalue weighted by atomic mass is 9.96. The molecule has 3 atom stereocenters. The van der Waals surface area contributed by atoms with Crippen molar-refractivity contribution in [2.75, 3.05) is 0 Å². The predicted molar refractivity (Wildman–Crippen MR) is 66.8 cm³/mol. The molecule has 2 aliphatic rings. The van der Waals surface area contributed by atoms with Crippen molar-refractivity contribution in [3.8, 4) is 0 Å². The van der Waals surface area contributed by atoms with E-state index in [9.17, 15) is 0 Å². The standard InChI is InChI=1S/C15H20O2/c1-2-13-14-9-6-10-15(16-13,17-14)11-12-7-4-3-5-8-12/h3-5,7-8,13-14H,2,6,9-11H2,1H3/t13-,14-,15-/m1/s1. The molecule has 2 nitrogen and oxygen atoms in total. The molecule has 0 N–H and O–H groups in total. The summed E-state index contributed by atoms with van der Waals surface area (Å²) in [6, 6.07) is 10.5. The molecule has 2 saturated heterocycles. The lowest BCUT2D eigenvalue weighted by molar-refractivity contribution is -0.192. The molecule has 3 rings (SSSR count). The second-order valence-corrected chi connectivity index (χ2v) is 5.19. The van der Waals surface area contributed by atoms with Gasteiger partial charge in [0.1, 0.15) is 0 Å². The highest BCUT2D eigenvalue weighted by molar-refractivity contribution is 5.17. The third-order valence-corrected chi connectivity index (χ3v) is 3.91. The maximum Gasteiger partial charge on any atom is 0.173 e. The molecule has 2 heterocycles. The number of ether oxygens (including phenoxy) is 2. The molecular weight excluding hydrogens is 212 g/mol. The van der Waals surface area contributed by atoms with Crippen molar-refractivity contribution in [3.63, 3.8) is 0 Å². The van der Waals surface area contributed by atoms with Gasteiger partial charge in [-0.1, -0.05) is 37.3 Å². The Kier molecular flexibility index (Phi) is 2.93. The van der Waals surface area contributed by atoms with E-state index in [4.69, 9.17) is 9.47 Å². The normalized spacial score (nSPS) is 36.1. The molecule has 0 spiro atoms. The summed E-state index contributed by atoms with van der Waals surface area (Å²) in [5.74, 6) is -0.328. The summed E-state index contributed by atoms with van der Waals surface area (Å²) in [6.07, 6.45) is 6.01. The molecule has 2 fully saturated rings. The second-order valence-electron chi connectivity index (χ2n) is 5.19. The van der Waals surface area contributed by atoms with Crippen LogP contribution >= 0.6 is 0 Å². The Labute approximate surface area is 103 Å². The summed E-state index contributed by atoms with van der Waals surface area (Å²) in [6.45, 7) is 2.19. The quantitative estimate of drug-likeness (QED) is 0.796. The van der Waals surface area contributed by atoms with E-state index in [1.807, 2.05) is 0 Å². The smallest absolute Gasteiger partial charge is 0.173 e. The molecule has 17 heavy (non-hydrogen) atoms. The maximum atomic E-state index is 6.20. The fourth-order valence-corrected chi connectivity index (χ4v) is 3.09. The molecule has 0 amide bonds. The first-order valence-electron chi connectivity index (χ1n) is 6.71.